The Bertz CT molecular complexity index is 1190. The molecule has 2 aromatic carbocycles. The lowest BCUT2D eigenvalue weighted by molar-refractivity contribution is 0.103. The van der Waals surface area contributed by atoms with Crippen LogP contribution in [0.1, 0.15) is 53.5 Å². The lowest BCUT2D eigenvalue weighted by Gasteiger charge is -2.26. The molecule has 156 valence electrons. The van der Waals surface area contributed by atoms with Crippen LogP contribution in [0.5, 0.6) is 11.6 Å². The number of carbonyl (C=O) groups excluding carboxylic acids is 1. The van der Waals surface area contributed by atoms with E-state index in [1.54, 1.807) is 36.7 Å². The average Bonchev–Trinajstić information content (AvgIpc) is 3.24. The number of nitrogens with one attached hydrogen (secondary N) is 1. The third kappa shape index (κ3) is 4.04. The van der Waals surface area contributed by atoms with Crippen molar-refractivity contribution in [1.82, 2.24) is 19.9 Å². The molecule has 1 saturated carbocycles. The molecule has 0 aliphatic heterocycles. The largest absolute Gasteiger partial charge is 0.437 e. The van der Waals surface area contributed by atoms with E-state index >= 15 is 0 Å². The van der Waals surface area contributed by atoms with E-state index in [2.05, 4.69) is 19.9 Å². The minimum Gasteiger partial charge on any atom is -0.437 e. The highest BCUT2D eigenvalue weighted by molar-refractivity contribution is 6.08. The summed E-state index contributed by atoms with van der Waals surface area (Å²) in [6.07, 6.45) is 6.35. The van der Waals surface area contributed by atoms with Gasteiger partial charge in [-0.15, -0.1) is 0 Å². The van der Waals surface area contributed by atoms with E-state index in [1.165, 1.54) is 0 Å². The minimum atomic E-state index is -0.308. The molecule has 0 saturated heterocycles. The molecule has 1 aliphatic rings. The van der Waals surface area contributed by atoms with Gasteiger partial charge in [0, 0.05) is 23.9 Å². The fourth-order valence-corrected chi connectivity index (χ4v) is 4.09. The molecular weight excluding hydrogens is 392 g/mol. The number of hydrogen-bond acceptors (Lipinski definition) is 6. The third-order valence-electron chi connectivity index (χ3n) is 5.66. The van der Waals surface area contributed by atoms with Crippen molar-refractivity contribution in [2.75, 3.05) is 0 Å². The van der Waals surface area contributed by atoms with Crippen LogP contribution in [0.3, 0.4) is 0 Å². The number of aromatic amines is 1. The van der Waals surface area contributed by atoms with Crippen LogP contribution in [-0.2, 0) is 0 Å². The smallest absolute Gasteiger partial charge is 0.241 e. The Hall–Kier alpha value is -3.58. The number of para-hydroxylation sites is 2. The maximum atomic E-state index is 12.8. The number of aromatic nitrogens is 4. The normalized spacial score (nSPS) is 18.7. The predicted molar refractivity (Wildman–Crippen MR) is 115 cm³/mol. The summed E-state index contributed by atoms with van der Waals surface area (Å²) in [4.78, 5) is 29.1. The van der Waals surface area contributed by atoms with Crippen LogP contribution < -0.4 is 4.74 Å². The van der Waals surface area contributed by atoms with Crippen molar-refractivity contribution >= 4 is 16.8 Å². The van der Waals surface area contributed by atoms with Gasteiger partial charge in [-0.25, -0.2) is 9.97 Å². The molecule has 0 amide bonds. The number of fused-ring (bicyclic) bond motifs is 1. The summed E-state index contributed by atoms with van der Waals surface area (Å²) >= 11 is 0. The van der Waals surface area contributed by atoms with Gasteiger partial charge in [-0.05, 0) is 55.7 Å². The van der Waals surface area contributed by atoms with Gasteiger partial charge >= 0.3 is 0 Å². The highest BCUT2D eigenvalue weighted by Gasteiger charge is 2.26. The van der Waals surface area contributed by atoms with Crippen LogP contribution >= 0.6 is 0 Å². The van der Waals surface area contributed by atoms with Crippen LogP contribution in [-0.4, -0.2) is 36.9 Å². The SMILES string of the molecule is O=C(c1ccc(Oc2nccnc2[C@H]2CCC[C@@H](O)C2)cc1)c1nc2ccccc2[nH]1. The van der Waals surface area contributed by atoms with E-state index in [4.69, 9.17) is 4.74 Å². The van der Waals surface area contributed by atoms with Gasteiger partial charge in [-0.3, -0.25) is 9.78 Å². The number of benzene rings is 2. The average molecular weight is 414 g/mol. The maximum Gasteiger partial charge on any atom is 0.241 e. The zero-order valence-corrected chi connectivity index (χ0v) is 16.9. The number of aliphatic hydroxyl groups is 1. The Morgan fingerprint density at radius 1 is 1.03 bits per heavy atom. The summed E-state index contributed by atoms with van der Waals surface area (Å²) in [5.74, 6) is 1.26. The van der Waals surface area contributed by atoms with Crippen LogP contribution in [0.25, 0.3) is 11.0 Å². The van der Waals surface area contributed by atoms with Crippen LogP contribution in [0, 0.1) is 0 Å². The Morgan fingerprint density at radius 2 is 1.84 bits per heavy atom. The molecule has 4 aromatic rings. The van der Waals surface area contributed by atoms with Crippen molar-refractivity contribution in [2.24, 2.45) is 0 Å². The van der Waals surface area contributed by atoms with E-state index in [0.717, 1.165) is 36.0 Å². The van der Waals surface area contributed by atoms with Crippen molar-refractivity contribution in [2.45, 2.75) is 37.7 Å². The van der Waals surface area contributed by atoms with Gasteiger partial charge < -0.3 is 14.8 Å². The number of imidazole rings is 1. The van der Waals surface area contributed by atoms with E-state index in [1.807, 2.05) is 24.3 Å². The second kappa shape index (κ2) is 8.28. The predicted octanol–water partition coefficient (Wildman–Crippen LogP) is 4.39. The molecule has 2 atom stereocenters. The molecule has 2 aromatic heterocycles. The number of rotatable bonds is 5. The number of H-pyrrole nitrogens is 1. The van der Waals surface area contributed by atoms with Gasteiger partial charge in [0.05, 0.1) is 17.1 Å². The third-order valence-corrected chi connectivity index (χ3v) is 5.66. The van der Waals surface area contributed by atoms with E-state index in [9.17, 15) is 9.90 Å². The van der Waals surface area contributed by atoms with Crippen molar-refractivity contribution in [3.05, 3.63) is 78.0 Å². The number of ether oxygens (including phenoxy) is 1. The van der Waals surface area contributed by atoms with Crippen molar-refractivity contribution in [3.8, 4) is 11.6 Å². The molecule has 2 N–H and O–H groups in total. The van der Waals surface area contributed by atoms with Crippen molar-refractivity contribution in [3.63, 3.8) is 0 Å². The second-order valence-corrected chi connectivity index (χ2v) is 7.82. The van der Waals surface area contributed by atoms with Gasteiger partial charge in [-0.2, -0.15) is 0 Å². The second-order valence-electron chi connectivity index (χ2n) is 7.82. The van der Waals surface area contributed by atoms with Crippen molar-refractivity contribution < 1.29 is 14.6 Å². The molecule has 2 heterocycles. The van der Waals surface area contributed by atoms with E-state index < -0.39 is 0 Å². The summed E-state index contributed by atoms with van der Waals surface area (Å²) < 4.78 is 6.00. The summed E-state index contributed by atoms with van der Waals surface area (Å²) in [6, 6.07) is 14.4. The van der Waals surface area contributed by atoms with Gasteiger partial charge in [0.1, 0.15) is 11.4 Å². The number of nitrogens with zero attached hydrogens (tertiary/aromatic N) is 3. The molecule has 0 spiro atoms. The van der Waals surface area contributed by atoms with Crippen LogP contribution in [0.2, 0.25) is 0 Å². The van der Waals surface area contributed by atoms with E-state index in [0.29, 0.717) is 29.4 Å². The minimum absolute atomic E-state index is 0.126. The zero-order valence-electron chi connectivity index (χ0n) is 16.9. The lowest BCUT2D eigenvalue weighted by atomic mass is 9.85. The lowest BCUT2D eigenvalue weighted by Crippen LogP contribution is -2.19. The summed E-state index contributed by atoms with van der Waals surface area (Å²) in [5.41, 5.74) is 2.87. The van der Waals surface area contributed by atoms with Gasteiger partial charge in [0.25, 0.3) is 0 Å². The molecule has 0 bridgehead atoms. The first-order chi connectivity index (χ1) is 15.2. The quantitative estimate of drug-likeness (QED) is 0.470. The van der Waals surface area contributed by atoms with Gasteiger partial charge in [-0.1, -0.05) is 18.6 Å². The first-order valence-corrected chi connectivity index (χ1v) is 10.4. The van der Waals surface area contributed by atoms with E-state index in [-0.39, 0.29) is 17.8 Å². The summed E-state index contributed by atoms with van der Waals surface area (Å²) in [6.45, 7) is 0. The number of aliphatic hydroxyl groups excluding tert-OH is 1. The summed E-state index contributed by atoms with van der Waals surface area (Å²) in [7, 11) is 0. The molecule has 0 unspecified atom stereocenters. The molecule has 1 aliphatic carbocycles. The topological polar surface area (TPSA) is 101 Å². The molecule has 31 heavy (non-hydrogen) atoms. The molecule has 7 nitrogen and oxygen atoms in total. The Morgan fingerprint density at radius 3 is 2.65 bits per heavy atom. The fourth-order valence-electron chi connectivity index (χ4n) is 4.09. The van der Waals surface area contributed by atoms with Gasteiger partial charge in [0.15, 0.2) is 5.82 Å². The molecule has 7 heteroatoms. The standard InChI is InChI=1S/C24H22N4O3/c29-17-5-3-4-16(14-17)21-24(26-13-12-25-21)31-18-10-8-15(9-11-18)22(30)23-27-19-6-1-2-7-20(19)28-23/h1-2,6-13,16-17,29H,3-5,14H2,(H,27,28)/t16-,17+/m0/s1. The van der Waals surface area contributed by atoms with Crippen molar-refractivity contribution in [1.29, 1.82) is 0 Å². The first kappa shape index (κ1) is 19.4. The Kier molecular flexibility index (Phi) is 5.18. The highest BCUT2D eigenvalue weighted by Crippen LogP contribution is 2.36. The zero-order chi connectivity index (χ0) is 21.2. The fraction of sp³-hybridized carbons (Fsp3) is 0.250. The number of hydrogen-bond donors (Lipinski definition) is 2. The number of carbonyl (C=O) groups is 1. The van der Waals surface area contributed by atoms with Gasteiger partial charge in [0.2, 0.25) is 11.7 Å². The monoisotopic (exact) mass is 414 g/mol. The molecular formula is C24H22N4O3. The first-order valence-electron chi connectivity index (χ1n) is 10.4. The van der Waals surface area contributed by atoms with Crippen LogP contribution in [0.4, 0.5) is 0 Å². The maximum absolute atomic E-state index is 12.8. The molecule has 5 rings (SSSR count). The molecule has 0 radical (unpaired) electrons. The Balaban J connectivity index is 1.34. The molecule has 1 fully saturated rings. The highest BCUT2D eigenvalue weighted by atomic mass is 16.5. The van der Waals surface area contributed by atoms with Crippen LogP contribution in [0.15, 0.2) is 60.9 Å². The number of ketones is 1. The Labute approximate surface area is 179 Å². The summed E-state index contributed by atoms with van der Waals surface area (Å²) in [5, 5.41) is 10.0.